The zero-order valence-electron chi connectivity index (χ0n) is 17.2. The standard InChI is InChI=1S/C23H27N3O4/c1-15-21-18(25-26-20(27)14-29-17-10-3-2-4-11-17)12-7-13-19(21)30-22(15)23(28)24-16-8-5-6-9-16/h2-4,10-11,16H,5-9,12-14H2,1H3,(H,24,28)(H,26,27)/b25-18+. The first-order chi connectivity index (χ1) is 14.6. The van der Waals surface area contributed by atoms with Crippen LogP contribution in [0.25, 0.3) is 0 Å². The molecule has 30 heavy (non-hydrogen) atoms. The average Bonchev–Trinajstić information content (AvgIpc) is 3.39. The second-order valence-corrected chi connectivity index (χ2v) is 7.86. The Kier molecular flexibility index (Phi) is 6.16. The molecule has 0 bridgehead atoms. The number of rotatable bonds is 6. The summed E-state index contributed by atoms with van der Waals surface area (Å²) in [5.74, 6) is 1.26. The van der Waals surface area contributed by atoms with Gasteiger partial charge in [-0.25, -0.2) is 5.43 Å². The fourth-order valence-electron chi connectivity index (χ4n) is 4.15. The Morgan fingerprint density at radius 3 is 2.67 bits per heavy atom. The highest BCUT2D eigenvalue weighted by Crippen LogP contribution is 2.30. The second kappa shape index (κ2) is 9.15. The van der Waals surface area contributed by atoms with Crippen LogP contribution in [0, 0.1) is 6.92 Å². The Morgan fingerprint density at radius 2 is 1.90 bits per heavy atom. The zero-order valence-corrected chi connectivity index (χ0v) is 17.2. The summed E-state index contributed by atoms with van der Waals surface area (Å²) in [4.78, 5) is 24.8. The number of nitrogens with zero attached hydrogens (tertiary/aromatic N) is 1. The van der Waals surface area contributed by atoms with Crippen LogP contribution in [-0.4, -0.2) is 30.2 Å². The van der Waals surface area contributed by atoms with E-state index in [1.165, 1.54) is 0 Å². The summed E-state index contributed by atoms with van der Waals surface area (Å²) in [6, 6.07) is 9.39. The topological polar surface area (TPSA) is 92.9 Å². The smallest absolute Gasteiger partial charge is 0.287 e. The highest BCUT2D eigenvalue weighted by atomic mass is 16.5. The Bertz CT molecular complexity index is 943. The number of nitrogens with one attached hydrogen (secondary N) is 2. The van der Waals surface area contributed by atoms with E-state index in [1.54, 1.807) is 12.1 Å². The molecule has 0 saturated heterocycles. The van der Waals surface area contributed by atoms with E-state index < -0.39 is 0 Å². The van der Waals surface area contributed by atoms with Gasteiger partial charge in [0.05, 0.1) is 5.71 Å². The Balaban J connectivity index is 1.43. The first-order valence-corrected chi connectivity index (χ1v) is 10.6. The fourth-order valence-corrected chi connectivity index (χ4v) is 4.15. The van der Waals surface area contributed by atoms with Gasteiger partial charge in [0.25, 0.3) is 11.8 Å². The van der Waals surface area contributed by atoms with Crippen molar-refractivity contribution < 1.29 is 18.7 Å². The van der Waals surface area contributed by atoms with Crippen molar-refractivity contribution in [3.8, 4) is 5.75 Å². The predicted octanol–water partition coefficient (Wildman–Crippen LogP) is 3.50. The largest absolute Gasteiger partial charge is 0.484 e. The molecule has 1 saturated carbocycles. The third-order valence-corrected chi connectivity index (χ3v) is 5.65. The maximum Gasteiger partial charge on any atom is 0.287 e. The molecule has 0 aliphatic heterocycles. The molecule has 2 amide bonds. The van der Waals surface area contributed by atoms with Gasteiger partial charge in [-0.3, -0.25) is 9.59 Å². The van der Waals surface area contributed by atoms with Gasteiger partial charge in [-0.1, -0.05) is 31.0 Å². The van der Waals surface area contributed by atoms with Crippen LogP contribution < -0.4 is 15.5 Å². The molecule has 2 aromatic rings. The van der Waals surface area contributed by atoms with Crippen molar-refractivity contribution in [1.29, 1.82) is 0 Å². The molecule has 7 heteroatoms. The maximum atomic E-state index is 12.7. The Hall–Kier alpha value is -3.09. The molecule has 0 atom stereocenters. The van der Waals surface area contributed by atoms with Crippen LogP contribution >= 0.6 is 0 Å². The maximum absolute atomic E-state index is 12.7. The number of hydrogen-bond acceptors (Lipinski definition) is 5. The Labute approximate surface area is 175 Å². The van der Waals surface area contributed by atoms with Crippen molar-refractivity contribution >= 4 is 17.5 Å². The number of carbonyl (C=O) groups excluding carboxylic acids is 2. The lowest BCUT2D eigenvalue weighted by atomic mass is 9.93. The van der Waals surface area contributed by atoms with E-state index >= 15 is 0 Å². The van der Waals surface area contributed by atoms with Crippen LogP contribution in [0.4, 0.5) is 0 Å². The third kappa shape index (κ3) is 4.56. The molecule has 158 valence electrons. The van der Waals surface area contributed by atoms with E-state index in [-0.39, 0.29) is 24.5 Å². The van der Waals surface area contributed by atoms with E-state index in [1.807, 2.05) is 25.1 Å². The van der Waals surface area contributed by atoms with Crippen molar-refractivity contribution in [1.82, 2.24) is 10.7 Å². The van der Waals surface area contributed by atoms with Crippen LogP contribution in [0.3, 0.4) is 0 Å². The number of furan rings is 1. The lowest BCUT2D eigenvalue weighted by molar-refractivity contribution is -0.123. The highest BCUT2D eigenvalue weighted by molar-refractivity contribution is 6.06. The summed E-state index contributed by atoms with van der Waals surface area (Å²) < 4.78 is 11.4. The van der Waals surface area contributed by atoms with E-state index in [4.69, 9.17) is 9.15 Å². The van der Waals surface area contributed by atoms with Crippen LogP contribution in [0.15, 0.2) is 39.9 Å². The van der Waals surface area contributed by atoms with Gasteiger partial charge in [0.15, 0.2) is 12.4 Å². The number of fused-ring (bicyclic) bond motifs is 1. The molecule has 0 spiro atoms. The zero-order chi connectivity index (χ0) is 20.9. The molecule has 2 N–H and O–H groups in total. The molecule has 1 heterocycles. The summed E-state index contributed by atoms with van der Waals surface area (Å²) in [5, 5.41) is 7.40. The number of para-hydroxylation sites is 1. The van der Waals surface area contributed by atoms with Crippen molar-refractivity contribution in [3.05, 3.63) is 53.0 Å². The van der Waals surface area contributed by atoms with Gasteiger partial charge in [-0.2, -0.15) is 5.10 Å². The van der Waals surface area contributed by atoms with Gasteiger partial charge in [0.1, 0.15) is 11.5 Å². The van der Waals surface area contributed by atoms with Crippen LogP contribution in [0.1, 0.15) is 66.0 Å². The molecule has 2 aliphatic rings. The average molecular weight is 409 g/mol. The van der Waals surface area contributed by atoms with Crippen LogP contribution in [0.2, 0.25) is 0 Å². The van der Waals surface area contributed by atoms with Crippen molar-refractivity contribution in [2.75, 3.05) is 6.61 Å². The van der Waals surface area contributed by atoms with Gasteiger partial charge in [0.2, 0.25) is 0 Å². The van der Waals surface area contributed by atoms with Crippen molar-refractivity contribution in [2.24, 2.45) is 5.10 Å². The minimum absolute atomic E-state index is 0.118. The third-order valence-electron chi connectivity index (χ3n) is 5.65. The number of aryl methyl sites for hydroxylation is 1. The molecule has 2 aliphatic carbocycles. The highest BCUT2D eigenvalue weighted by Gasteiger charge is 2.29. The van der Waals surface area contributed by atoms with Gasteiger partial charge >= 0.3 is 0 Å². The number of ether oxygens (including phenoxy) is 1. The van der Waals surface area contributed by atoms with E-state index in [2.05, 4.69) is 15.8 Å². The second-order valence-electron chi connectivity index (χ2n) is 7.86. The lowest BCUT2D eigenvalue weighted by Crippen LogP contribution is -2.32. The van der Waals surface area contributed by atoms with Crippen molar-refractivity contribution in [3.63, 3.8) is 0 Å². The predicted molar refractivity (Wildman–Crippen MR) is 113 cm³/mol. The molecule has 1 aromatic carbocycles. The lowest BCUT2D eigenvalue weighted by Gasteiger charge is -2.13. The molecular weight excluding hydrogens is 382 g/mol. The summed E-state index contributed by atoms with van der Waals surface area (Å²) in [6.45, 7) is 1.76. The van der Waals surface area contributed by atoms with E-state index in [0.29, 0.717) is 11.5 Å². The summed E-state index contributed by atoms with van der Waals surface area (Å²) in [6.07, 6.45) is 6.70. The number of hydrazone groups is 1. The Morgan fingerprint density at radius 1 is 1.13 bits per heavy atom. The monoisotopic (exact) mass is 409 g/mol. The van der Waals surface area contributed by atoms with Gasteiger partial charge in [0, 0.05) is 23.6 Å². The molecule has 1 fully saturated rings. The van der Waals surface area contributed by atoms with E-state index in [0.717, 1.165) is 67.5 Å². The summed E-state index contributed by atoms with van der Waals surface area (Å²) in [7, 11) is 0. The molecule has 0 unspecified atom stereocenters. The van der Waals surface area contributed by atoms with Gasteiger partial charge in [-0.15, -0.1) is 0 Å². The molecule has 7 nitrogen and oxygen atoms in total. The first-order valence-electron chi connectivity index (χ1n) is 10.6. The number of amides is 2. The first kappa shape index (κ1) is 20.2. The fraction of sp³-hybridized carbons (Fsp3) is 0.435. The summed E-state index contributed by atoms with van der Waals surface area (Å²) in [5.41, 5.74) is 4.95. The number of carbonyl (C=O) groups is 2. The number of hydrogen-bond donors (Lipinski definition) is 2. The SMILES string of the molecule is Cc1c(C(=O)NC2CCCC2)oc2c1/C(=N/NC(=O)COc1ccccc1)CCC2. The minimum Gasteiger partial charge on any atom is -0.484 e. The van der Waals surface area contributed by atoms with Crippen LogP contribution in [0.5, 0.6) is 5.75 Å². The summed E-state index contributed by atoms with van der Waals surface area (Å²) >= 11 is 0. The molecule has 4 rings (SSSR count). The van der Waals surface area contributed by atoms with Gasteiger partial charge < -0.3 is 14.5 Å². The molecule has 0 radical (unpaired) electrons. The van der Waals surface area contributed by atoms with E-state index in [9.17, 15) is 9.59 Å². The quantitative estimate of drug-likeness (QED) is 0.714. The van der Waals surface area contributed by atoms with Crippen LogP contribution in [-0.2, 0) is 11.2 Å². The minimum atomic E-state index is -0.334. The number of benzene rings is 1. The van der Waals surface area contributed by atoms with Crippen molar-refractivity contribution in [2.45, 2.75) is 57.9 Å². The normalized spacial score (nSPS) is 17.6. The molecule has 1 aromatic heterocycles. The molecular formula is C23H27N3O4. The van der Waals surface area contributed by atoms with Gasteiger partial charge in [-0.05, 0) is 44.7 Å².